The largest absolute Gasteiger partial charge is 0.477 e. The Morgan fingerprint density at radius 3 is 2.50 bits per heavy atom. The first-order valence-corrected chi connectivity index (χ1v) is 7.17. The standard InChI is InChI=1S/C11H17BrO8/c1-10(2)19-8(11(16,20-10)9(14)15)7-5(4-13)17-6(3-12)18-7/h5-8,13,16H,3-4H2,1-2H3,(H,14,15)/t5-,6?,7-,8+,11-/m1/s1. The van der Waals surface area contributed by atoms with E-state index < -0.39 is 48.8 Å². The van der Waals surface area contributed by atoms with Gasteiger partial charge in [0.1, 0.15) is 12.2 Å². The predicted molar refractivity (Wildman–Crippen MR) is 67.0 cm³/mol. The van der Waals surface area contributed by atoms with Crippen molar-refractivity contribution in [2.75, 3.05) is 11.9 Å². The molecule has 2 saturated heterocycles. The van der Waals surface area contributed by atoms with E-state index in [0.717, 1.165) is 0 Å². The zero-order valence-corrected chi connectivity index (χ0v) is 12.6. The number of hydrogen-bond acceptors (Lipinski definition) is 7. The van der Waals surface area contributed by atoms with Crippen molar-refractivity contribution in [2.45, 2.75) is 50.0 Å². The summed E-state index contributed by atoms with van der Waals surface area (Å²) in [5.41, 5.74) is 0. The molecule has 2 aliphatic rings. The highest BCUT2D eigenvalue weighted by Crippen LogP contribution is 2.40. The van der Waals surface area contributed by atoms with Crippen molar-refractivity contribution in [3.63, 3.8) is 0 Å². The number of carboxylic acid groups (broad SMARTS) is 1. The van der Waals surface area contributed by atoms with Gasteiger partial charge in [0.25, 0.3) is 5.79 Å². The van der Waals surface area contributed by atoms with Crippen molar-refractivity contribution in [3.8, 4) is 0 Å². The average molecular weight is 357 g/mol. The summed E-state index contributed by atoms with van der Waals surface area (Å²) in [6.45, 7) is 2.56. The van der Waals surface area contributed by atoms with Crippen LogP contribution in [0.15, 0.2) is 0 Å². The lowest BCUT2D eigenvalue weighted by atomic mass is 10.0. The first-order chi connectivity index (χ1) is 9.23. The maximum Gasteiger partial charge on any atom is 0.367 e. The molecular formula is C11H17BrO8. The molecule has 5 atom stereocenters. The van der Waals surface area contributed by atoms with Crippen molar-refractivity contribution in [3.05, 3.63) is 0 Å². The summed E-state index contributed by atoms with van der Waals surface area (Å²) in [5.74, 6) is -5.45. The highest BCUT2D eigenvalue weighted by atomic mass is 79.9. The maximum atomic E-state index is 11.3. The molecule has 116 valence electrons. The van der Waals surface area contributed by atoms with Crippen molar-refractivity contribution < 1.29 is 39.1 Å². The summed E-state index contributed by atoms with van der Waals surface area (Å²) >= 11 is 3.17. The zero-order valence-electron chi connectivity index (χ0n) is 11.0. The Kier molecular flexibility index (Phi) is 4.41. The number of hydrogen-bond donors (Lipinski definition) is 3. The summed E-state index contributed by atoms with van der Waals surface area (Å²) < 4.78 is 21.4. The lowest BCUT2D eigenvalue weighted by molar-refractivity contribution is -0.242. The molecule has 2 aliphatic heterocycles. The minimum Gasteiger partial charge on any atom is -0.477 e. The fourth-order valence-electron chi connectivity index (χ4n) is 2.35. The smallest absolute Gasteiger partial charge is 0.367 e. The summed E-state index contributed by atoms with van der Waals surface area (Å²) in [7, 11) is 0. The summed E-state index contributed by atoms with van der Waals surface area (Å²) in [6, 6.07) is 0. The van der Waals surface area contributed by atoms with Crippen LogP contribution in [0.3, 0.4) is 0 Å². The van der Waals surface area contributed by atoms with E-state index in [1.165, 1.54) is 13.8 Å². The fourth-order valence-corrected chi connectivity index (χ4v) is 2.66. The Morgan fingerprint density at radius 2 is 2.00 bits per heavy atom. The third kappa shape index (κ3) is 2.71. The van der Waals surface area contributed by atoms with E-state index in [1.54, 1.807) is 0 Å². The van der Waals surface area contributed by atoms with Gasteiger partial charge in [0.05, 0.1) is 11.9 Å². The van der Waals surface area contributed by atoms with Gasteiger partial charge in [0, 0.05) is 0 Å². The number of aliphatic hydroxyl groups is 2. The molecule has 8 nitrogen and oxygen atoms in total. The van der Waals surface area contributed by atoms with E-state index in [1.807, 2.05) is 0 Å². The molecule has 0 amide bonds. The molecule has 0 bridgehead atoms. The number of ether oxygens (including phenoxy) is 4. The number of aliphatic hydroxyl groups excluding tert-OH is 1. The highest BCUT2D eigenvalue weighted by molar-refractivity contribution is 9.09. The Labute approximate surface area is 123 Å². The van der Waals surface area contributed by atoms with Crippen LogP contribution in [0.5, 0.6) is 0 Å². The van der Waals surface area contributed by atoms with Crippen LogP contribution in [-0.2, 0) is 23.7 Å². The Bertz CT molecular complexity index is 389. The second-order valence-electron chi connectivity index (χ2n) is 5.08. The second-order valence-corrected chi connectivity index (χ2v) is 5.73. The molecule has 3 N–H and O–H groups in total. The van der Waals surface area contributed by atoms with Gasteiger partial charge in [-0.15, -0.1) is 0 Å². The highest BCUT2D eigenvalue weighted by Gasteiger charge is 2.63. The van der Waals surface area contributed by atoms with Gasteiger partial charge in [-0.05, 0) is 13.8 Å². The summed E-state index contributed by atoms with van der Waals surface area (Å²) in [4.78, 5) is 11.3. The molecule has 0 aromatic rings. The monoisotopic (exact) mass is 356 g/mol. The number of aliphatic carboxylic acids is 1. The molecule has 0 spiro atoms. The Morgan fingerprint density at radius 1 is 1.35 bits per heavy atom. The molecule has 1 unspecified atom stereocenters. The lowest BCUT2D eigenvalue weighted by Crippen LogP contribution is -2.55. The van der Waals surface area contributed by atoms with Crippen LogP contribution < -0.4 is 0 Å². The van der Waals surface area contributed by atoms with E-state index in [4.69, 9.17) is 18.9 Å². The van der Waals surface area contributed by atoms with Gasteiger partial charge in [-0.1, -0.05) is 15.9 Å². The van der Waals surface area contributed by atoms with Crippen molar-refractivity contribution in [1.82, 2.24) is 0 Å². The van der Waals surface area contributed by atoms with Crippen molar-refractivity contribution >= 4 is 21.9 Å². The lowest BCUT2D eigenvalue weighted by Gasteiger charge is -2.27. The first-order valence-electron chi connectivity index (χ1n) is 6.05. The number of rotatable bonds is 4. The van der Waals surface area contributed by atoms with Crippen LogP contribution in [0.2, 0.25) is 0 Å². The number of carboxylic acids is 1. The zero-order chi connectivity index (χ0) is 15.1. The molecule has 2 heterocycles. The van der Waals surface area contributed by atoms with E-state index in [2.05, 4.69) is 15.9 Å². The third-order valence-electron chi connectivity index (χ3n) is 3.11. The topological polar surface area (TPSA) is 115 Å². The Balaban J connectivity index is 2.27. The molecule has 9 heteroatoms. The quantitative estimate of drug-likeness (QED) is 0.572. The van der Waals surface area contributed by atoms with Crippen LogP contribution in [0.4, 0.5) is 0 Å². The van der Waals surface area contributed by atoms with Crippen LogP contribution in [-0.4, -0.2) is 69.4 Å². The van der Waals surface area contributed by atoms with Gasteiger partial charge in [-0.2, -0.15) is 0 Å². The average Bonchev–Trinajstić information content (AvgIpc) is 2.87. The first kappa shape index (κ1) is 16.1. The fraction of sp³-hybridized carbons (Fsp3) is 0.909. The van der Waals surface area contributed by atoms with Crippen LogP contribution in [0.25, 0.3) is 0 Å². The van der Waals surface area contributed by atoms with Crippen LogP contribution in [0, 0.1) is 0 Å². The maximum absolute atomic E-state index is 11.3. The summed E-state index contributed by atoms with van der Waals surface area (Å²) in [6.07, 6.45) is -3.77. The summed E-state index contributed by atoms with van der Waals surface area (Å²) in [5, 5.41) is 29.1. The van der Waals surface area contributed by atoms with Crippen LogP contribution >= 0.6 is 15.9 Å². The van der Waals surface area contributed by atoms with Gasteiger partial charge < -0.3 is 34.3 Å². The molecule has 2 fully saturated rings. The van der Waals surface area contributed by atoms with Crippen molar-refractivity contribution in [2.24, 2.45) is 0 Å². The van der Waals surface area contributed by atoms with E-state index in [9.17, 15) is 20.1 Å². The van der Waals surface area contributed by atoms with E-state index in [-0.39, 0.29) is 0 Å². The van der Waals surface area contributed by atoms with Gasteiger partial charge >= 0.3 is 5.97 Å². The van der Waals surface area contributed by atoms with E-state index in [0.29, 0.717) is 5.33 Å². The molecule has 2 rings (SSSR count). The van der Waals surface area contributed by atoms with Gasteiger partial charge in [-0.25, -0.2) is 4.79 Å². The SMILES string of the molecule is CC1(C)O[C@@H]([C@@H]2OC(CBr)O[C@@H]2CO)[C@](O)(C(=O)O)O1. The Hall–Kier alpha value is -0.290. The molecule has 0 saturated carbocycles. The van der Waals surface area contributed by atoms with E-state index >= 15 is 0 Å². The predicted octanol–water partition coefficient (Wildman–Crippen LogP) is -0.592. The van der Waals surface area contributed by atoms with Gasteiger partial charge in [0.15, 0.2) is 18.2 Å². The number of carbonyl (C=O) groups is 1. The molecule has 20 heavy (non-hydrogen) atoms. The number of halogens is 1. The molecule has 0 aliphatic carbocycles. The molecule has 0 aromatic carbocycles. The minimum atomic E-state index is -2.56. The van der Waals surface area contributed by atoms with Gasteiger partial charge in [-0.3, -0.25) is 0 Å². The normalized spacial score (nSPS) is 43.9. The molecule has 0 aromatic heterocycles. The number of alkyl halides is 1. The minimum absolute atomic E-state index is 0.336. The van der Waals surface area contributed by atoms with Gasteiger partial charge in [0.2, 0.25) is 0 Å². The second kappa shape index (κ2) is 5.48. The molecule has 0 radical (unpaired) electrons. The third-order valence-corrected chi connectivity index (χ3v) is 3.64. The van der Waals surface area contributed by atoms with Crippen LogP contribution in [0.1, 0.15) is 13.8 Å². The molecular weight excluding hydrogens is 340 g/mol. The van der Waals surface area contributed by atoms with Crippen molar-refractivity contribution in [1.29, 1.82) is 0 Å².